The van der Waals surface area contributed by atoms with Crippen LogP contribution in [-0.2, 0) is 14.3 Å². The molecule has 0 spiro atoms. The van der Waals surface area contributed by atoms with Crippen LogP contribution in [0.15, 0.2) is 0 Å². The van der Waals surface area contributed by atoms with E-state index in [4.69, 9.17) is 4.74 Å². The van der Waals surface area contributed by atoms with Gasteiger partial charge in [-0.1, -0.05) is 6.92 Å². The Kier molecular flexibility index (Phi) is 3.59. The summed E-state index contributed by atoms with van der Waals surface area (Å²) in [6.07, 6.45) is 0. The molecule has 2 fully saturated rings. The van der Waals surface area contributed by atoms with Crippen LogP contribution in [0.25, 0.3) is 0 Å². The van der Waals surface area contributed by atoms with E-state index in [-0.39, 0.29) is 31.0 Å². The Morgan fingerprint density at radius 3 is 2.72 bits per heavy atom. The summed E-state index contributed by atoms with van der Waals surface area (Å²) in [5, 5.41) is 15.2. The van der Waals surface area contributed by atoms with E-state index in [1.807, 2.05) is 6.92 Å². The average molecular weight is 256 g/mol. The summed E-state index contributed by atoms with van der Waals surface area (Å²) in [6.45, 7) is 5.53. The van der Waals surface area contributed by atoms with Crippen LogP contribution in [0.3, 0.4) is 0 Å². The predicted molar refractivity (Wildman–Crippen MR) is 64.0 cm³/mol. The molecule has 102 valence electrons. The number of rotatable bonds is 3. The first-order chi connectivity index (χ1) is 8.45. The molecule has 2 unspecified atom stereocenters. The molecule has 2 rings (SSSR count). The predicted octanol–water partition coefficient (Wildman–Crippen LogP) is -0.552. The van der Waals surface area contributed by atoms with Crippen molar-refractivity contribution in [3.05, 3.63) is 0 Å². The van der Waals surface area contributed by atoms with E-state index in [0.717, 1.165) is 6.54 Å². The molecule has 4 atom stereocenters. The van der Waals surface area contributed by atoms with Crippen molar-refractivity contribution in [2.75, 3.05) is 26.3 Å². The first-order valence-electron chi connectivity index (χ1n) is 6.27. The Morgan fingerprint density at radius 1 is 1.44 bits per heavy atom. The molecule has 0 aliphatic carbocycles. The second kappa shape index (κ2) is 4.85. The van der Waals surface area contributed by atoms with Gasteiger partial charge in [0, 0.05) is 6.54 Å². The van der Waals surface area contributed by atoms with Gasteiger partial charge in [0.05, 0.1) is 25.2 Å². The van der Waals surface area contributed by atoms with Gasteiger partial charge >= 0.3 is 5.97 Å². The van der Waals surface area contributed by atoms with Crippen LogP contribution in [0.2, 0.25) is 0 Å². The van der Waals surface area contributed by atoms with Crippen molar-refractivity contribution in [2.45, 2.75) is 19.9 Å². The van der Waals surface area contributed by atoms with E-state index < -0.39 is 17.4 Å². The third-order valence-corrected chi connectivity index (χ3v) is 4.11. The summed E-state index contributed by atoms with van der Waals surface area (Å²) in [5.74, 6) is -0.801. The van der Waals surface area contributed by atoms with Gasteiger partial charge in [0.2, 0.25) is 5.91 Å². The van der Waals surface area contributed by atoms with Crippen LogP contribution in [0, 0.1) is 17.3 Å². The lowest BCUT2D eigenvalue weighted by Crippen LogP contribution is -2.51. The fourth-order valence-electron chi connectivity index (χ4n) is 2.52. The highest BCUT2D eigenvalue weighted by Gasteiger charge is 2.48. The molecular weight excluding hydrogens is 236 g/mol. The topological polar surface area (TPSA) is 87.7 Å². The van der Waals surface area contributed by atoms with Gasteiger partial charge in [-0.2, -0.15) is 0 Å². The number of hydrogen-bond acceptors (Lipinski definition) is 4. The molecule has 6 nitrogen and oxygen atoms in total. The number of amides is 1. The van der Waals surface area contributed by atoms with Gasteiger partial charge < -0.3 is 20.5 Å². The Labute approximate surface area is 106 Å². The van der Waals surface area contributed by atoms with Gasteiger partial charge in [-0.05, 0) is 19.4 Å². The van der Waals surface area contributed by atoms with Gasteiger partial charge in [-0.3, -0.25) is 9.59 Å². The van der Waals surface area contributed by atoms with Gasteiger partial charge in [-0.25, -0.2) is 0 Å². The van der Waals surface area contributed by atoms with E-state index >= 15 is 0 Å². The van der Waals surface area contributed by atoms with Gasteiger partial charge in [0.15, 0.2) is 0 Å². The third kappa shape index (κ3) is 2.22. The van der Waals surface area contributed by atoms with Crippen LogP contribution in [0.4, 0.5) is 0 Å². The van der Waals surface area contributed by atoms with Crippen LogP contribution in [0.1, 0.15) is 13.8 Å². The van der Waals surface area contributed by atoms with Crippen molar-refractivity contribution in [1.82, 2.24) is 10.6 Å². The van der Waals surface area contributed by atoms with Crippen molar-refractivity contribution in [3.63, 3.8) is 0 Å². The number of carboxylic acid groups (broad SMARTS) is 1. The normalized spacial score (nSPS) is 39.8. The SMILES string of the molecule is C[C@@H]1CNC[C@H]1C(=O)NC1COCC1(C)C(=O)O. The van der Waals surface area contributed by atoms with Crippen molar-refractivity contribution in [2.24, 2.45) is 17.3 Å². The summed E-state index contributed by atoms with van der Waals surface area (Å²) in [6, 6.07) is -0.449. The highest BCUT2D eigenvalue weighted by Crippen LogP contribution is 2.29. The number of nitrogens with one attached hydrogen (secondary N) is 2. The van der Waals surface area contributed by atoms with Gasteiger partial charge in [0.1, 0.15) is 5.41 Å². The average Bonchev–Trinajstić information content (AvgIpc) is 2.87. The molecule has 6 heteroatoms. The standard InChI is InChI=1S/C12H20N2O4/c1-7-3-13-4-8(7)10(15)14-9-5-18-6-12(9,2)11(16)17/h7-9,13H,3-6H2,1-2H3,(H,14,15)(H,16,17)/t7-,8-,9?,12?/m1/s1. The number of carbonyl (C=O) groups is 2. The van der Waals surface area contributed by atoms with Crippen molar-refractivity contribution < 1.29 is 19.4 Å². The van der Waals surface area contributed by atoms with Crippen LogP contribution in [-0.4, -0.2) is 49.3 Å². The van der Waals surface area contributed by atoms with Crippen molar-refractivity contribution >= 4 is 11.9 Å². The Morgan fingerprint density at radius 2 is 2.17 bits per heavy atom. The molecular formula is C12H20N2O4. The molecule has 0 radical (unpaired) electrons. The number of ether oxygens (including phenoxy) is 1. The summed E-state index contributed by atoms with van der Waals surface area (Å²) >= 11 is 0. The molecule has 18 heavy (non-hydrogen) atoms. The lowest BCUT2D eigenvalue weighted by atomic mass is 9.85. The highest BCUT2D eigenvalue weighted by atomic mass is 16.5. The maximum absolute atomic E-state index is 12.1. The van der Waals surface area contributed by atoms with Crippen LogP contribution >= 0.6 is 0 Å². The molecule has 0 bridgehead atoms. The van der Waals surface area contributed by atoms with Gasteiger partial charge in [0.25, 0.3) is 0 Å². The molecule has 2 saturated heterocycles. The van der Waals surface area contributed by atoms with Crippen LogP contribution < -0.4 is 10.6 Å². The minimum atomic E-state index is -1.02. The molecule has 0 aromatic rings. The molecule has 3 N–H and O–H groups in total. The molecule has 0 aromatic carbocycles. The molecule has 0 saturated carbocycles. The molecule has 1 amide bonds. The summed E-state index contributed by atoms with van der Waals surface area (Å²) in [4.78, 5) is 23.4. The van der Waals surface area contributed by atoms with Crippen molar-refractivity contribution in [3.8, 4) is 0 Å². The zero-order chi connectivity index (χ0) is 13.3. The zero-order valence-corrected chi connectivity index (χ0v) is 10.7. The maximum Gasteiger partial charge on any atom is 0.313 e. The number of hydrogen-bond donors (Lipinski definition) is 3. The van der Waals surface area contributed by atoms with E-state index in [2.05, 4.69) is 10.6 Å². The molecule has 2 aliphatic rings. The number of aliphatic carboxylic acids is 1. The largest absolute Gasteiger partial charge is 0.481 e. The third-order valence-electron chi connectivity index (χ3n) is 4.11. The number of carboxylic acids is 1. The Hall–Kier alpha value is -1.14. The summed E-state index contributed by atoms with van der Waals surface area (Å²) < 4.78 is 5.21. The highest BCUT2D eigenvalue weighted by molar-refractivity contribution is 5.82. The fourth-order valence-corrected chi connectivity index (χ4v) is 2.52. The smallest absolute Gasteiger partial charge is 0.313 e. The van der Waals surface area contributed by atoms with E-state index in [1.165, 1.54) is 0 Å². The number of carbonyl (C=O) groups excluding carboxylic acids is 1. The molecule has 2 heterocycles. The summed E-state index contributed by atoms with van der Waals surface area (Å²) in [7, 11) is 0. The minimum Gasteiger partial charge on any atom is -0.481 e. The van der Waals surface area contributed by atoms with E-state index in [1.54, 1.807) is 6.92 Å². The van der Waals surface area contributed by atoms with Crippen molar-refractivity contribution in [1.29, 1.82) is 0 Å². The zero-order valence-electron chi connectivity index (χ0n) is 10.7. The Balaban J connectivity index is 2.00. The second-order valence-electron chi connectivity index (χ2n) is 5.54. The first-order valence-corrected chi connectivity index (χ1v) is 6.27. The fraction of sp³-hybridized carbons (Fsp3) is 0.833. The minimum absolute atomic E-state index is 0.0736. The second-order valence-corrected chi connectivity index (χ2v) is 5.54. The van der Waals surface area contributed by atoms with E-state index in [0.29, 0.717) is 6.54 Å². The summed E-state index contributed by atoms with van der Waals surface area (Å²) in [5.41, 5.74) is -1.02. The van der Waals surface area contributed by atoms with Gasteiger partial charge in [-0.15, -0.1) is 0 Å². The maximum atomic E-state index is 12.1. The van der Waals surface area contributed by atoms with E-state index in [9.17, 15) is 14.7 Å². The Bertz CT molecular complexity index is 360. The lowest BCUT2D eigenvalue weighted by Gasteiger charge is -2.27. The van der Waals surface area contributed by atoms with Crippen LogP contribution in [0.5, 0.6) is 0 Å². The molecule has 2 aliphatic heterocycles. The quantitative estimate of drug-likeness (QED) is 0.630. The molecule has 0 aromatic heterocycles. The lowest BCUT2D eigenvalue weighted by molar-refractivity contribution is -0.149. The first kappa shape index (κ1) is 13.3. The monoisotopic (exact) mass is 256 g/mol.